The van der Waals surface area contributed by atoms with Crippen LogP contribution in [0, 0.1) is 0 Å². The van der Waals surface area contributed by atoms with Crippen LogP contribution >= 0.6 is 0 Å². The number of carbonyl (C=O) groups is 1. The number of ether oxygens (including phenoxy) is 2. The summed E-state index contributed by atoms with van der Waals surface area (Å²) in [5.41, 5.74) is 0.320. The smallest absolute Gasteiger partial charge is 0.341 e. The van der Waals surface area contributed by atoms with Crippen LogP contribution in [-0.4, -0.2) is 19.7 Å². The van der Waals surface area contributed by atoms with Crippen molar-refractivity contribution in [1.29, 1.82) is 0 Å². The molecule has 0 aromatic heterocycles. The molecule has 3 nitrogen and oxygen atoms in total. The number of hydrogen-bond donors (Lipinski definition) is 0. The minimum absolute atomic E-state index is 0.110. The fourth-order valence-corrected chi connectivity index (χ4v) is 1.22. The van der Waals surface area contributed by atoms with Crippen molar-refractivity contribution >= 4 is 11.5 Å². The Balaban J connectivity index is 3.00. The lowest BCUT2D eigenvalue weighted by Gasteiger charge is -2.07. The highest BCUT2D eigenvalue weighted by Crippen LogP contribution is 2.21. The highest BCUT2D eigenvalue weighted by molar-refractivity contribution is 6.16. The van der Waals surface area contributed by atoms with Gasteiger partial charge >= 0.3 is 5.97 Å². The van der Waals surface area contributed by atoms with Gasteiger partial charge in [-0.05, 0) is 24.6 Å². The van der Waals surface area contributed by atoms with Crippen LogP contribution in [0.3, 0.4) is 0 Å². The van der Waals surface area contributed by atoms with Crippen molar-refractivity contribution in [3.8, 4) is 5.75 Å². The third-order valence-electron chi connectivity index (χ3n) is 1.99. The Morgan fingerprint density at radius 1 is 1.50 bits per heavy atom. The van der Waals surface area contributed by atoms with Gasteiger partial charge in [0.15, 0.2) is 0 Å². The van der Waals surface area contributed by atoms with Crippen LogP contribution in [0.5, 0.6) is 5.75 Å². The molecule has 1 aromatic carbocycles. The fraction of sp³-hybridized carbons (Fsp3) is 0.250. The Hall–Kier alpha value is -1.84. The second-order valence-electron chi connectivity index (χ2n) is 2.98. The van der Waals surface area contributed by atoms with Crippen LogP contribution in [0.1, 0.15) is 12.5 Å². The van der Waals surface area contributed by atoms with Gasteiger partial charge < -0.3 is 9.47 Å². The molecule has 4 heteroatoms. The van der Waals surface area contributed by atoms with Crippen LogP contribution in [0.2, 0.25) is 0 Å². The molecule has 0 radical (unpaired) electrons. The Morgan fingerprint density at radius 3 is 2.81 bits per heavy atom. The van der Waals surface area contributed by atoms with Gasteiger partial charge in [-0.1, -0.05) is 12.1 Å². The number of hydrogen-bond acceptors (Lipinski definition) is 3. The van der Waals surface area contributed by atoms with E-state index in [1.54, 1.807) is 31.2 Å². The van der Waals surface area contributed by atoms with Gasteiger partial charge in [0.2, 0.25) is 0 Å². The van der Waals surface area contributed by atoms with E-state index in [-0.39, 0.29) is 18.5 Å². The molecule has 0 aliphatic rings. The maximum atomic E-state index is 12.6. The van der Waals surface area contributed by atoms with Crippen molar-refractivity contribution in [3.63, 3.8) is 0 Å². The molecule has 0 fully saturated rings. The molecule has 16 heavy (non-hydrogen) atoms. The van der Waals surface area contributed by atoms with E-state index in [1.807, 2.05) is 0 Å². The molecule has 1 rings (SSSR count). The second-order valence-corrected chi connectivity index (χ2v) is 2.98. The SMILES string of the molecule is CCOC(=O)C(=CF)c1cccc(OC)c1. The Kier molecular flexibility index (Phi) is 4.51. The highest BCUT2D eigenvalue weighted by atomic mass is 19.1. The number of carbonyl (C=O) groups excluding carboxylic acids is 1. The average Bonchev–Trinajstić information content (AvgIpc) is 2.31. The van der Waals surface area contributed by atoms with Gasteiger partial charge in [0.25, 0.3) is 0 Å². The molecule has 86 valence electrons. The van der Waals surface area contributed by atoms with Crippen molar-refractivity contribution in [1.82, 2.24) is 0 Å². The first-order valence-electron chi connectivity index (χ1n) is 4.84. The lowest BCUT2D eigenvalue weighted by atomic mass is 10.1. The van der Waals surface area contributed by atoms with Crippen LogP contribution in [0.15, 0.2) is 30.6 Å². The van der Waals surface area contributed by atoms with Crippen molar-refractivity contribution < 1.29 is 18.7 Å². The Labute approximate surface area is 93.5 Å². The van der Waals surface area contributed by atoms with Gasteiger partial charge in [-0.25, -0.2) is 9.18 Å². The van der Waals surface area contributed by atoms with Crippen molar-refractivity contribution in [2.24, 2.45) is 0 Å². The molecular weight excluding hydrogens is 211 g/mol. The lowest BCUT2D eigenvalue weighted by Crippen LogP contribution is -2.06. The summed E-state index contributed by atoms with van der Waals surface area (Å²) in [6.45, 7) is 1.87. The van der Waals surface area contributed by atoms with Crippen molar-refractivity contribution in [2.75, 3.05) is 13.7 Å². The summed E-state index contributed by atoms with van der Waals surface area (Å²) < 4.78 is 22.4. The van der Waals surface area contributed by atoms with E-state index in [0.29, 0.717) is 11.3 Å². The number of methoxy groups -OCH3 is 1. The first kappa shape index (κ1) is 12.2. The highest BCUT2D eigenvalue weighted by Gasteiger charge is 2.13. The monoisotopic (exact) mass is 224 g/mol. The summed E-state index contributed by atoms with van der Waals surface area (Å²) >= 11 is 0. The van der Waals surface area contributed by atoms with Gasteiger partial charge in [0, 0.05) is 0 Å². The average molecular weight is 224 g/mol. The zero-order valence-electron chi connectivity index (χ0n) is 9.20. The van der Waals surface area contributed by atoms with Crippen LogP contribution < -0.4 is 4.74 Å². The lowest BCUT2D eigenvalue weighted by molar-refractivity contribution is -0.136. The van der Waals surface area contributed by atoms with Gasteiger partial charge in [-0.3, -0.25) is 0 Å². The number of halogens is 1. The van der Waals surface area contributed by atoms with Gasteiger partial charge in [-0.2, -0.15) is 0 Å². The number of benzene rings is 1. The first-order valence-corrected chi connectivity index (χ1v) is 4.84. The summed E-state index contributed by atoms with van der Waals surface area (Å²) in [5, 5.41) is 0. The van der Waals surface area contributed by atoms with Crippen molar-refractivity contribution in [2.45, 2.75) is 6.92 Å². The van der Waals surface area contributed by atoms with E-state index < -0.39 is 5.97 Å². The minimum Gasteiger partial charge on any atom is -0.497 e. The summed E-state index contributed by atoms with van der Waals surface area (Å²) in [6, 6.07) is 6.58. The van der Waals surface area contributed by atoms with E-state index >= 15 is 0 Å². The Morgan fingerprint density at radius 2 is 2.25 bits per heavy atom. The van der Waals surface area contributed by atoms with E-state index in [4.69, 9.17) is 9.47 Å². The van der Waals surface area contributed by atoms with E-state index in [9.17, 15) is 9.18 Å². The molecule has 0 saturated heterocycles. The predicted molar refractivity (Wildman–Crippen MR) is 58.7 cm³/mol. The van der Waals surface area contributed by atoms with Gasteiger partial charge in [0.1, 0.15) is 12.1 Å². The molecule has 0 heterocycles. The Bertz CT molecular complexity index is 399. The molecule has 0 amide bonds. The number of esters is 1. The molecule has 0 aliphatic carbocycles. The van der Waals surface area contributed by atoms with E-state index in [0.717, 1.165) is 0 Å². The van der Waals surface area contributed by atoms with E-state index in [1.165, 1.54) is 7.11 Å². The number of rotatable bonds is 4. The quantitative estimate of drug-likeness (QED) is 0.582. The van der Waals surface area contributed by atoms with Crippen LogP contribution in [-0.2, 0) is 9.53 Å². The summed E-state index contributed by atoms with van der Waals surface area (Å²) in [5.74, 6) is -0.126. The van der Waals surface area contributed by atoms with Crippen LogP contribution in [0.25, 0.3) is 5.57 Å². The van der Waals surface area contributed by atoms with E-state index in [2.05, 4.69) is 0 Å². The maximum absolute atomic E-state index is 12.6. The third-order valence-corrected chi connectivity index (χ3v) is 1.99. The van der Waals surface area contributed by atoms with Crippen molar-refractivity contribution in [3.05, 3.63) is 36.2 Å². The molecule has 0 saturated carbocycles. The van der Waals surface area contributed by atoms with Gasteiger partial charge in [-0.15, -0.1) is 0 Å². The topological polar surface area (TPSA) is 35.5 Å². The third kappa shape index (κ3) is 2.82. The van der Waals surface area contributed by atoms with Crippen LogP contribution in [0.4, 0.5) is 4.39 Å². The zero-order valence-corrected chi connectivity index (χ0v) is 9.20. The summed E-state index contributed by atoms with van der Waals surface area (Å²) in [4.78, 5) is 11.4. The molecule has 0 N–H and O–H groups in total. The molecule has 0 spiro atoms. The normalized spacial score (nSPS) is 11.1. The molecule has 1 aromatic rings. The molecular formula is C12H13FO3. The standard InChI is InChI=1S/C12H13FO3/c1-3-16-12(14)11(8-13)9-5-4-6-10(7-9)15-2/h4-8H,3H2,1-2H3. The zero-order chi connectivity index (χ0) is 12.0. The first-order chi connectivity index (χ1) is 7.72. The predicted octanol–water partition coefficient (Wildman–Crippen LogP) is 2.57. The summed E-state index contributed by atoms with van der Waals surface area (Å²) in [6.07, 6.45) is 0.243. The van der Waals surface area contributed by atoms with Gasteiger partial charge in [0.05, 0.1) is 19.3 Å². The second kappa shape index (κ2) is 5.90. The molecule has 0 aliphatic heterocycles. The molecule has 0 atom stereocenters. The minimum atomic E-state index is -0.682. The summed E-state index contributed by atoms with van der Waals surface area (Å²) in [7, 11) is 1.50. The largest absolute Gasteiger partial charge is 0.497 e. The molecule has 0 bridgehead atoms. The maximum Gasteiger partial charge on any atom is 0.341 e. The fourth-order valence-electron chi connectivity index (χ4n) is 1.22. The molecule has 0 unspecified atom stereocenters.